The van der Waals surface area contributed by atoms with Gasteiger partial charge in [0.1, 0.15) is 0 Å². The Kier molecular flexibility index (Phi) is 4.45. The molecule has 1 aliphatic heterocycles. The zero-order valence-corrected chi connectivity index (χ0v) is 11.3. The van der Waals surface area contributed by atoms with Crippen LogP contribution in [0.25, 0.3) is 0 Å². The zero-order chi connectivity index (χ0) is 12.3. The third-order valence-corrected chi connectivity index (χ3v) is 4.50. The lowest BCUT2D eigenvalue weighted by molar-refractivity contribution is -0.0539. The molecule has 2 atom stereocenters. The standard InChI is InChI=1S/C14H27NO2/c1-14(2)7-3-4-12(13(14)15)17-10-11-5-8-16-9-6-11/h11-13H,3-10,15H2,1-2H3. The van der Waals surface area contributed by atoms with E-state index >= 15 is 0 Å². The van der Waals surface area contributed by atoms with E-state index in [-0.39, 0.29) is 17.6 Å². The molecule has 100 valence electrons. The van der Waals surface area contributed by atoms with Crippen LogP contribution in [-0.4, -0.2) is 32.0 Å². The van der Waals surface area contributed by atoms with Gasteiger partial charge in [0.05, 0.1) is 12.7 Å². The van der Waals surface area contributed by atoms with E-state index in [1.165, 1.54) is 12.8 Å². The summed E-state index contributed by atoms with van der Waals surface area (Å²) in [6.45, 7) is 7.20. The molecule has 1 heterocycles. The Hall–Kier alpha value is -0.120. The molecule has 2 fully saturated rings. The summed E-state index contributed by atoms with van der Waals surface area (Å²) in [6, 6.07) is 0.191. The summed E-state index contributed by atoms with van der Waals surface area (Å²) in [5.74, 6) is 0.681. The van der Waals surface area contributed by atoms with Gasteiger partial charge >= 0.3 is 0 Å². The van der Waals surface area contributed by atoms with E-state index in [9.17, 15) is 0 Å². The Balaban J connectivity index is 1.77. The van der Waals surface area contributed by atoms with Gasteiger partial charge in [0, 0.05) is 19.3 Å². The molecular formula is C14H27NO2. The number of hydrogen-bond acceptors (Lipinski definition) is 3. The minimum absolute atomic E-state index is 0.191. The molecule has 0 bridgehead atoms. The molecule has 3 heteroatoms. The molecular weight excluding hydrogens is 214 g/mol. The highest BCUT2D eigenvalue weighted by Gasteiger charge is 2.37. The van der Waals surface area contributed by atoms with Crippen LogP contribution in [0.15, 0.2) is 0 Å². The molecule has 2 aliphatic rings. The maximum Gasteiger partial charge on any atom is 0.0731 e. The smallest absolute Gasteiger partial charge is 0.0731 e. The average molecular weight is 241 g/mol. The van der Waals surface area contributed by atoms with Crippen molar-refractivity contribution < 1.29 is 9.47 Å². The third-order valence-electron chi connectivity index (χ3n) is 4.50. The Morgan fingerprint density at radius 1 is 1.24 bits per heavy atom. The summed E-state index contributed by atoms with van der Waals surface area (Å²) in [4.78, 5) is 0. The van der Waals surface area contributed by atoms with Crippen LogP contribution < -0.4 is 5.73 Å². The van der Waals surface area contributed by atoms with Crippen LogP contribution in [0.4, 0.5) is 0 Å². The molecule has 2 rings (SSSR count). The minimum Gasteiger partial charge on any atom is -0.381 e. The Bertz CT molecular complexity index is 236. The van der Waals surface area contributed by atoms with E-state index in [4.69, 9.17) is 15.2 Å². The van der Waals surface area contributed by atoms with Crippen LogP contribution in [0.1, 0.15) is 46.0 Å². The van der Waals surface area contributed by atoms with Gasteiger partial charge in [0.25, 0.3) is 0 Å². The van der Waals surface area contributed by atoms with Crippen molar-refractivity contribution in [1.82, 2.24) is 0 Å². The maximum absolute atomic E-state index is 6.32. The molecule has 1 saturated heterocycles. The monoisotopic (exact) mass is 241 g/mol. The zero-order valence-electron chi connectivity index (χ0n) is 11.3. The lowest BCUT2D eigenvalue weighted by Crippen LogP contribution is -2.51. The number of hydrogen-bond donors (Lipinski definition) is 1. The van der Waals surface area contributed by atoms with E-state index in [1.54, 1.807) is 0 Å². The number of nitrogens with two attached hydrogens (primary N) is 1. The average Bonchev–Trinajstić information content (AvgIpc) is 2.32. The summed E-state index contributed by atoms with van der Waals surface area (Å²) in [7, 11) is 0. The second-order valence-corrected chi connectivity index (χ2v) is 6.33. The molecule has 0 aromatic heterocycles. The molecule has 2 unspecified atom stereocenters. The molecule has 2 N–H and O–H groups in total. The van der Waals surface area contributed by atoms with Gasteiger partial charge in [0.2, 0.25) is 0 Å². The van der Waals surface area contributed by atoms with Crippen LogP contribution in [-0.2, 0) is 9.47 Å². The molecule has 0 radical (unpaired) electrons. The van der Waals surface area contributed by atoms with Crippen LogP contribution in [0.2, 0.25) is 0 Å². The van der Waals surface area contributed by atoms with Gasteiger partial charge in [-0.3, -0.25) is 0 Å². The van der Waals surface area contributed by atoms with E-state index in [2.05, 4.69) is 13.8 Å². The van der Waals surface area contributed by atoms with Crippen molar-refractivity contribution in [3.63, 3.8) is 0 Å². The lowest BCUT2D eigenvalue weighted by Gasteiger charge is -2.42. The van der Waals surface area contributed by atoms with E-state index in [1.807, 2.05) is 0 Å². The van der Waals surface area contributed by atoms with Crippen LogP contribution >= 0.6 is 0 Å². The molecule has 17 heavy (non-hydrogen) atoms. The first kappa shape index (κ1) is 13.3. The van der Waals surface area contributed by atoms with Gasteiger partial charge < -0.3 is 15.2 Å². The SMILES string of the molecule is CC1(C)CCCC(OCC2CCOCC2)C1N. The predicted molar refractivity (Wildman–Crippen MR) is 68.9 cm³/mol. The highest BCUT2D eigenvalue weighted by Crippen LogP contribution is 2.36. The van der Waals surface area contributed by atoms with Crippen molar-refractivity contribution >= 4 is 0 Å². The summed E-state index contributed by atoms with van der Waals surface area (Å²) in [5, 5.41) is 0. The maximum atomic E-state index is 6.32. The molecule has 1 aliphatic carbocycles. The summed E-state index contributed by atoms with van der Waals surface area (Å²) in [6.07, 6.45) is 6.16. The fraction of sp³-hybridized carbons (Fsp3) is 1.00. The number of ether oxygens (including phenoxy) is 2. The van der Waals surface area contributed by atoms with Crippen molar-refractivity contribution in [2.45, 2.75) is 58.1 Å². The fourth-order valence-electron chi connectivity index (χ4n) is 2.97. The van der Waals surface area contributed by atoms with Gasteiger partial charge in [-0.05, 0) is 37.0 Å². The van der Waals surface area contributed by atoms with Gasteiger partial charge in [-0.25, -0.2) is 0 Å². The lowest BCUT2D eigenvalue weighted by atomic mass is 9.72. The van der Waals surface area contributed by atoms with Crippen molar-refractivity contribution in [2.24, 2.45) is 17.1 Å². The van der Waals surface area contributed by atoms with E-state index < -0.39 is 0 Å². The Morgan fingerprint density at radius 3 is 2.65 bits per heavy atom. The van der Waals surface area contributed by atoms with Crippen molar-refractivity contribution in [3.8, 4) is 0 Å². The van der Waals surface area contributed by atoms with Crippen molar-refractivity contribution in [3.05, 3.63) is 0 Å². The quantitative estimate of drug-likeness (QED) is 0.825. The highest BCUT2D eigenvalue weighted by atomic mass is 16.5. The fourth-order valence-corrected chi connectivity index (χ4v) is 2.97. The topological polar surface area (TPSA) is 44.5 Å². The molecule has 0 aromatic carbocycles. The van der Waals surface area contributed by atoms with Crippen LogP contribution in [0.3, 0.4) is 0 Å². The summed E-state index contributed by atoms with van der Waals surface area (Å²) in [5.41, 5.74) is 6.56. The highest BCUT2D eigenvalue weighted by molar-refractivity contribution is 4.92. The molecule has 3 nitrogen and oxygen atoms in total. The predicted octanol–water partition coefficient (Wildman–Crippen LogP) is 2.34. The molecule has 0 aromatic rings. The largest absolute Gasteiger partial charge is 0.381 e. The van der Waals surface area contributed by atoms with Gasteiger partial charge in [-0.2, -0.15) is 0 Å². The van der Waals surface area contributed by atoms with Crippen molar-refractivity contribution in [2.75, 3.05) is 19.8 Å². The Labute approximate surface area is 105 Å². The summed E-state index contributed by atoms with van der Waals surface area (Å²) < 4.78 is 11.5. The second-order valence-electron chi connectivity index (χ2n) is 6.33. The second kappa shape index (κ2) is 5.68. The van der Waals surface area contributed by atoms with Gasteiger partial charge in [-0.15, -0.1) is 0 Å². The molecule has 0 spiro atoms. The molecule has 1 saturated carbocycles. The van der Waals surface area contributed by atoms with Crippen LogP contribution in [0.5, 0.6) is 0 Å². The Morgan fingerprint density at radius 2 is 1.94 bits per heavy atom. The van der Waals surface area contributed by atoms with Crippen molar-refractivity contribution in [1.29, 1.82) is 0 Å². The first-order chi connectivity index (χ1) is 8.09. The normalized spacial score (nSPS) is 34.8. The minimum atomic E-state index is 0.191. The first-order valence-corrected chi connectivity index (χ1v) is 7.04. The van der Waals surface area contributed by atoms with E-state index in [0.29, 0.717) is 5.92 Å². The first-order valence-electron chi connectivity index (χ1n) is 7.04. The van der Waals surface area contributed by atoms with Gasteiger partial charge in [0.15, 0.2) is 0 Å². The number of rotatable bonds is 3. The molecule has 0 amide bonds. The summed E-state index contributed by atoms with van der Waals surface area (Å²) >= 11 is 0. The third kappa shape index (κ3) is 3.43. The van der Waals surface area contributed by atoms with Gasteiger partial charge in [-0.1, -0.05) is 20.3 Å². The van der Waals surface area contributed by atoms with Crippen LogP contribution in [0, 0.1) is 11.3 Å². The van der Waals surface area contributed by atoms with E-state index in [0.717, 1.165) is 39.1 Å².